The summed E-state index contributed by atoms with van der Waals surface area (Å²) in [5.41, 5.74) is -0.108. The van der Waals surface area contributed by atoms with Crippen molar-refractivity contribution in [2.75, 3.05) is 20.3 Å². The summed E-state index contributed by atoms with van der Waals surface area (Å²) in [4.78, 5) is 0. The molecule has 0 atom stereocenters. The lowest BCUT2D eigenvalue weighted by Crippen LogP contribution is -2.35. The first kappa shape index (κ1) is 11.4. The summed E-state index contributed by atoms with van der Waals surface area (Å²) in [6, 6.07) is 4.52. The predicted octanol–water partition coefficient (Wildman–Crippen LogP) is 2.18. The van der Waals surface area contributed by atoms with Crippen molar-refractivity contribution in [3.63, 3.8) is 0 Å². The number of hydrogen-bond acceptors (Lipinski definition) is 3. The summed E-state index contributed by atoms with van der Waals surface area (Å²) in [5, 5.41) is 9.75. The van der Waals surface area contributed by atoms with Gasteiger partial charge in [0.15, 0.2) is 11.6 Å². The summed E-state index contributed by atoms with van der Waals surface area (Å²) < 4.78 is 24.1. The lowest BCUT2D eigenvalue weighted by molar-refractivity contribution is -0.0959. The number of methoxy groups -OCH3 is 1. The first-order valence-corrected chi connectivity index (χ1v) is 5.30. The molecule has 1 saturated heterocycles. The first-order valence-electron chi connectivity index (χ1n) is 5.30. The van der Waals surface area contributed by atoms with Gasteiger partial charge in [-0.25, -0.2) is 4.39 Å². The molecule has 0 aromatic heterocycles. The number of aromatic hydroxyl groups is 1. The minimum absolute atomic E-state index is 0.314. The van der Waals surface area contributed by atoms with Crippen molar-refractivity contribution in [3.05, 3.63) is 29.6 Å². The predicted molar refractivity (Wildman–Crippen MR) is 56.8 cm³/mol. The molecule has 1 heterocycles. The molecule has 0 amide bonds. The van der Waals surface area contributed by atoms with E-state index in [1.807, 2.05) is 0 Å². The van der Waals surface area contributed by atoms with E-state index in [1.54, 1.807) is 19.2 Å². The third-order valence-corrected chi connectivity index (χ3v) is 3.17. The molecular weight excluding hydrogens is 211 g/mol. The Morgan fingerprint density at radius 3 is 2.69 bits per heavy atom. The van der Waals surface area contributed by atoms with Crippen molar-refractivity contribution in [1.82, 2.24) is 0 Å². The molecular formula is C12H15FO3. The fourth-order valence-corrected chi connectivity index (χ4v) is 2.17. The van der Waals surface area contributed by atoms with Crippen LogP contribution in [0.4, 0.5) is 4.39 Å². The van der Waals surface area contributed by atoms with Crippen molar-refractivity contribution >= 4 is 0 Å². The van der Waals surface area contributed by atoms with E-state index in [4.69, 9.17) is 9.47 Å². The van der Waals surface area contributed by atoms with E-state index in [0.29, 0.717) is 31.6 Å². The highest BCUT2D eigenvalue weighted by Crippen LogP contribution is 2.40. The number of hydrogen-bond donors (Lipinski definition) is 1. The topological polar surface area (TPSA) is 38.7 Å². The van der Waals surface area contributed by atoms with E-state index in [2.05, 4.69) is 0 Å². The first-order chi connectivity index (χ1) is 7.69. The van der Waals surface area contributed by atoms with Gasteiger partial charge in [0, 0.05) is 38.7 Å². The molecule has 0 radical (unpaired) electrons. The van der Waals surface area contributed by atoms with Crippen LogP contribution in [0.15, 0.2) is 18.2 Å². The molecule has 1 N–H and O–H groups in total. The van der Waals surface area contributed by atoms with E-state index >= 15 is 0 Å². The van der Waals surface area contributed by atoms with Gasteiger partial charge in [-0.2, -0.15) is 0 Å². The van der Waals surface area contributed by atoms with Gasteiger partial charge in [-0.15, -0.1) is 0 Å². The molecule has 1 aromatic rings. The highest BCUT2D eigenvalue weighted by Gasteiger charge is 2.37. The molecule has 16 heavy (non-hydrogen) atoms. The van der Waals surface area contributed by atoms with E-state index in [-0.39, 0.29) is 5.75 Å². The summed E-state index contributed by atoms with van der Waals surface area (Å²) >= 11 is 0. The maximum Gasteiger partial charge on any atom is 0.165 e. The Balaban J connectivity index is 2.43. The number of phenolic OH excluding ortho intramolecular Hbond substituents is 1. The summed E-state index contributed by atoms with van der Waals surface area (Å²) in [6.45, 7) is 1.12. The number of ether oxygens (including phenoxy) is 2. The van der Waals surface area contributed by atoms with E-state index in [1.165, 1.54) is 6.07 Å². The Labute approximate surface area is 93.8 Å². The van der Waals surface area contributed by atoms with Crippen molar-refractivity contribution < 1.29 is 19.0 Å². The van der Waals surface area contributed by atoms with Crippen LogP contribution >= 0.6 is 0 Å². The van der Waals surface area contributed by atoms with Gasteiger partial charge in [-0.1, -0.05) is 12.1 Å². The van der Waals surface area contributed by atoms with Gasteiger partial charge in [0.05, 0.1) is 0 Å². The van der Waals surface area contributed by atoms with Crippen molar-refractivity contribution in [1.29, 1.82) is 0 Å². The maximum absolute atomic E-state index is 13.3. The quantitative estimate of drug-likeness (QED) is 0.840. The molecule has 1 aromatic carbocycles. The minimum Gasteiger partial charge on any atom is -0.505 e. The van der Waals surface area contributed by atoms with Gasteiger partial charge >= 0.3 is 0 Å². The van der Waals surface area contributed by atoms with Gasteiger partial charge in [-0.3, -0.25) is 0 Å². The Hall–Kier alpha value is -1.13. The Bertz CT molecular complexity index is 373. The second-order valence-electron chi connectivity index (χ2n) is 3.95. The van der Waals surface area contributed by atoms with Gasteiger partial charge in [-0.05, 0) is 6.07 Å². The van der Waals surface area contributed by atoms with Gasteiger partial charge < -0.3 is 14.6 Å². The molecule has 1 fully saturated rings. The smallest absolute Gasteiger partial charge is 0.165 e. The molecule has 0 saturated carbocycles. The average molecular weight is 226 g/mol. The van der Waals surface area contributed by atoms with Crippen LogP contribution in [-0.4, -0.2) is 25.4 Å². The van der Waals surface area contributed by atoms with Crippen molar-refractivity contribution in [3.8, 4) is 5.75 Å². The van der Waals surface area contributed by atoms with Gasteiger partial charge in [0.1, 0.15) is 5.60 Å². The zero-order valence-electron chi connectivity index (χ0n) is 9.20. The van der Waals surface area contributed by atoms with E-state index < -0.39 is 11.4 Å². The molecule has 1 aliphatic rings. The minimum atomic E-state index is -0.621. The fourth-order valence-electron chi connectivity index (χ4n) is 2.17. The normalized spacial score (nSPS) is 19.6. The van der Waals surface area contributed by atoms with E-state index in [9.17, 15) is 9.50 Å². The summed E-state index contributed by atoms with van der Waals surface area (Å²) in [5.74, 6) is -0.924. The van der Waals surface area contributed by atoms with Crippen LogP contribution < -0.4 is 0 Å². The van der Waals surface area contributed by atoms with Gasteiger partial charge in [0.25, 0.3) is 0 Å². The zero-order chi connectivity index (χ0) is 11.6. The molecule has 2 rings (SSSR count). The SMILES string of the molecule is COC1(c2cccc(F)c2O)CCOCC1. The van der Waals surface area contributed by atoms with Crippen LogP contribution in [0, 0.1) is 5.82 Å². The van der Waals surface area contributed by atoms with Gasteiger partial charge in [0.2, 0.25) is 0 Å². The third kappa shape index (κ3) is 1.79. The number of para-hydroxylation sites is 1. The van der Waals surface area contributed by atoms with E-state index in [0.717, 1.165) is 0 Å². The molecule has 0 bridgehead atoms. The summed E-state index contributed by atoms with van der Waals surface area (Å²) in [6.07, 6.45) is 1.25. The third-order valence-electron chi connectivity index (χ3n) is 3.17. The zero-order valence-corrected chi connectivity index (χ0v) is 9.20. The number of benzene rings is 1. The van der Waals surface area contributed by atoms with Crippen molar-refractivity contribution in [2.45, 2.75) is 18.4 Å². The lowest BCUT2D eigenvalue weighted by atomic mass is 9.85. The Morgan fingerprint density at radius 1 is 1.38 bits per heavy atom. The molecule has 1 aliphatic heterocycles. The molecule has 0 aliphatic carbocycles. The Morgan fingerprint density at radius 2 is 2.06 bits per heavy atom. The second kappa shape index (κ2) is 4.39. The molecule has 88 valence electrons. The highest BCUT2D eigenvalue weighted by atomic mass is 19.1. The van der Waals surface area contributed by atoms with Crippen LogP contribution in [0.25, 0.3) is 0 Å². The van der Waals surface area contributed by atoms with Crippen LogP contribution in [0.2, 0.25) is 0 Å². The maximum atomic E-state index is 13.3. The van der Waals surface area contributed by atoms with Crippen molar-refractivity contribution in [2.24, 2.45) is 0 Å². The fraction of sp³-hybridized carbons (Fsp3) is 0.500. The number of phenols is 1. The number of halogens is 1. The monoisotopic (exact) mass is 226 g/mol. The number of rotatable bonds is 2. The van der Waals surface area contributed by atoms with Crippen LogP contribution in [0.1, 0.15) is 18.4 Å². The van der Waals surface area contributed by atoms with Crippen LogP contribution in [-0.2, 0) is 15.1 Å². The second-order valence-corrected chi connectivity index (χ2v) is 3.95. The molecule has 4 heteroatoms. The molecule has 0 unspecified atom stereocenters. The van der Waals surface area contributed by atoms with Crippen LogP contribution in [0.3, 0.4) is 0 Å². The molecule has 3 nitrogen and oxygen atoms in total. The average Bonchev–Trinajstić information content (AvgIpc) is 2.33. The van der Waals surface area contributed by atoms with Crippen LogP contribution in [0.5, 0.6) is 5.75 Å². The standard InChI is InChI=1S/C12H15FO3/c1-15-12(5-7-16-8-6-12)9-3-2-4-10(13)11(9)14/h2-4,14H,5-8H2,1H3. The lowest BCUT2D eigenvalue weighted by Gasteiger charge is -2.36. The Kier molecular flexibility index (Phi) is 3.12. The summed E-state index contributed by atoms with van der Waals surface area (Å²) in [7, 11) is 1.58. The molecule has 0 spiro atoms. The highest BCUT2D eigenvalue weighted by molar-refractivity contribution is 5.38. The largest absolute Gasteiger partial charge is 0.505 e.